The molecule has 1 saturated carbocycles. The van der Waals surface area contributed by atoms with E-state index in [9.17, 15) is 4.79 Å². The summed E-state index contributed by atoms with van der Waals surface area (Å²) in [6.45, 7) is 2.81. The van der Waals surface area contributed by atoms with Gasteiger partial charge in [0.05, 0.1) is 13.2 Å². The normalized spacial score (nSPS) is 22.9. The highest BCUT2D eigenvalue weighted by Gasteiger charge is 2.27. The van der Waals surface area contributed by atoms with Crippen LogP contribution in [0.25, 0.3) is 0 Å². The number of carbonyl (C=O) groups excluding carboxylic acids is 1. The average molecular weight is 292 g/mol. The smallest absolute Gasteiger partial charge is 0.318 e. The van der Waals surface area contributed by atoms with Gasteiger partial charge in [0.1, 0.15) is 5.82 Å². The molecule has 1 aliphatic heterocycles. The maximum atomic E-state index is 12.5. The lowest BCUT2D eigenvalue weighted by molar-refractivity contribution is 0.121. The molecule has 0 spiro atoms. The molecule has 0 aromatic carbocycles. The van der Waals surface area contributed by atoms with E-state index in [0.29, 0.717) is 25.1 Å². The molecule has 1 aromatic rings. The first-order valence-corrected chi connectivity index (χ1v) is 7.80. The Hall–Kier alpha value is -1.56. The maximum Gasteiger partial charge on any atom is 0.318 e. The van der Waals surface area contributed by atoms with E-state index >= 15 is 0 Å². The Labute approximate surface area is 125 Å². The van der Waals surface area contributed by atoms with Gasteiger partial charge < -0.3 is 19.5 Å². The van der Waals surface area contributed by atoms with Gasteiger partial charge in [0, 0.05) is 44.6 Å². The second-order valence-corrected chi connectivity index (χ2v) is 6.13. The van der Waals surface area contributed by atoms with Crippen LogP contribution in [0.3, 0.4) is 0 Å². The van der Waals surface area contributed by atoms with E-state index in [-0.39, 0.29) is 6.03 Å². The lowest BCUT2D eigenvalue weighted by Gasteiger charge is -2.25. The number of hydrogen-bond acceptors (Lipinski definition) is 3. The van der Waals surface area contributed by atoms with Gasteiger partial charge in [-0.05, 0) is 12.8 Å². The molecule has 1 aromatic heterocycles. The van der Waals surface area contributed by atoms with Crippen molar-refractivity contribution in [1.82, 2.24) is 19.8 Å². The third-order valence-corrected chi connectivity index (χ3v) is 4.44. The molecule has 0 bridgehead atoms. The Morgan fingerprint density at radius 3 is 3.00 bits per heavy atom. The Morgan fingerprint density at radius 1 is 1.43 bits per heavy atom. The highest BCUT2D eigenvalue weighted by atomic mass is 16.5. The van der Waals surface area contributed by atoms with Crippen molar-refractivity contribution in [3.8, 4) is 0 Å². The number of nitrogens with zero attached hydrogens (tertiary/aromatic N) is 3. The minimum Gasteiger partial charge on any atom is -0.384 e. The van der Waals surface area contributed by atoms with Crippen LogP contribution in [0.1, 0.15) is 31.5 Å². The molecule has 3 rings (SSSR count). The zero-order valence-corrected chi connectivity index (χ0v) is 12.6. The number of ether oxygens (including phenoxy) is 1. The summed E-state index contributed by atoms with van der Waals surface area (Å²) in [6, 6.07) is 0.390. The summed E-state index contributed by atoms with van der Waals surface area (Å²) in [5.41, 5.74) is 0. The van der Waals surface area contributed by atoms with Crippen molar-refractivity contribution in [2.75, 3.05) is 20.3 Å². The van der Waals surface area contributed by atoms with Crippen molar-refractivity contribution in [3.63, 3.8) is 0 Å². The number of urea groups is 1. The summed E-state index contributed by atoms with van der Waals surface area (Å²) in [5, 5.41) is 3.17. The molecule has 6 heteroatoms. The lowest BCUT2D eigenvalue weighted by atomic mass is 10.1. The third-order valence-electron chi connectivity index (χ3n) is 4.44. The number of rotatable bonds is 3. The van der Waals surface area contributed by atoms with Gasteiger partial charge in [-0.15, -0.1) is 0 Å². The Bertz CT molecular complexity index is 482. The molecule has 1 aliphatic carbocycles. The van der Waals surface area contributed by atoms with E-state index in [0.717, 1.165) is 31.8 Å². The van der Waals surface area contributed by atoms with Crippen molar-refractivity contribution >= 4 is 6.03 Å². The van der Waals surface area contributed by atoms with Crippen LogP contribution < -0.4 is 5.32 Å². The van der Waals surface area contributed by atoms with Gasteiger partial charge in [0.2, 0.25) is 0 Å². The van der Waals surface area contributed by atoms with E-state index in [1.165, 1.54) is 12.8 Å². The molecular formula is C15H24N4O2. The molecule has 1 N–H and O–H groups in total. The molecule has 1 unspecified atom stereocenters. The Kier molecular flexibility index (Phi) is 4.43. The van der Waals surface area contributed by atoms with Crippen molar-refractivity contribution in [1.29, 1.82) is 0 Å². The molecule has 2 amide bonds. The predicted octanol–water partition coefficient (Wildman–Crippen LogP) is 1.61. The number of imidazole rings is 1. The van der Waals surface area contributed by atoms with E-state index < -0.39 is 0 Å². The van der Waals surface area contributed by atoms with E-state index in [1.807, 2.05) is 11.1 Å². The number of carbonyl (C=O) groups is 1. The predicted molar refractivity (Wildman–Crippen MR) is 78.8 cm³/mol. The first-order chi connectivity index (χ1) is 10.3. The summed E-state index contributed by atoms with van der Waals surface area (Å²) >= 11 is 0. The maximum absolute atomic E-state index is 12.5. The zero-order chi connectivity index (χ0) is 14.7. The summed E-state index contributed by atoms with van der Waals surface area (Å²) in [5.74, 6) is 1.26. The van der Waals surface area contributed by atoms with Gasteiger partial charge >= 0.3 is 6.03 Å². The second-order valence-electron chi connectivity index (χ2n) is 6.13. The van der Waals surface area contributed by atoms with Crippen LogP contribution in [0.4, 0.5) is 4.79 Å². The van der Waals surface area contributed by atoms with Crippen LogP contribution in [0.2, 0.25) is 0 Å². The fourth-order valence-electron chi connectivity index (χ4n) is 3.37. The van der Waals surface area contributed by atoms with E-state index in [4.69, 9.17) is 4.74 Å². The van der Waals surface area contributed by atoms with Crippen molar-refractivity contribution in [3.05, 3.63) is 18.2 Å². The third kappa shape index (κ3) is 3.37. The van der Waals surface area contributed by atoms with E-state index in [2.05, 4.69) is 14.9 Å². The lowest BCUT2D eigenvalue weighted by Crippen LogP contribution is -2.45. The molecule has 0 saturated heterocycles. The summed E-state index contributed by atoms with van der Waals surface area (Å²) < 4.78 is 7.43. The molecule has 1 atom stereocenters. The van der Waals surface area contributed by atoms with Crippen LogP contribution in [-0.4, -0.2) is 46.8 Å². The fourth-order valence-corrected chi connectivity index (χ4v) is 3.37. The molecule has 116 valence electrons. The monoisotopic (exact) mass is 292 g/mol. The van der Waals surface area contributed by atoms with Gasteiger partial charge in [-0.1, -0.05) is 12.8 Å². The molecule has 6 nitrogen and oxygen atoms in total. The molecule has 2 aliphatic rings. The first-order valence-electron chi connectivity index (χ1n) is 7.80. The summed E-state index contributed by atoms with van der Waals surface area (Å²) in [4.78, 5) is 18.8. The molecule has 0 radical (unpaired) electrons. The minimum absolute atomic E-state index is 0.0412. The second kappa shape index (κ2) is 6.47. The average Bonchev–Trinajstić information content (AvgIpc) is 3.08. The summed E-state index contributed by atoms with van der Waals surface area (Å²) in [7, 11) is 1.71. The first kappa shape index (κ1) is 14.4. The van der Waals surface area contributed by atoms with Crippen molar-refractivity contribution in [2.45, 2.75) is 44.8 Å². The van der Waals surface area contributed by atoms with Crippen LogP contribution in [0, 0.1) is 5.92 Å². The quantitative estimate of drug-likeness (QED) is 0.921. The Balaban J connectivity index is 1.69. The number of amides is 2. The highest BCUT2D eigenvalue weighted by molar-refractivity contribution is 5.74. The van der Waals surface area contributed by atoms with Crippen molar-refractivity contribution < 1.29 is 9.53 Å². The zero-order valence-electron chi connectivity index (χ0n) is 12.6. The van der Waals surface area contributed by atoms with Crippen LogP contribution in [0.15, 0.2) is 12.4 Å². The SMILES string of the molecule is COCC1CN(C(=O)NC2CCCC2)Cc2nccn2C1. The topological polar surface area (TPSA) is 59.4 Å². The van der Waals surface area contributed by atoms with Gasteiger partial charge in [0.25, 0.3) is 0 Å². The molecular weight excluding hydrogens is 268 g/mol. The summed E-state index contributed by atoms with van der Waals surface area (Å²) in [6.07, 6.45) is 8.45. The number of hydrogen-bond donors (Lipinski definition) is 1. The standard InChI is InChI=1S/C15H24N4O2/c1-21-11-12-8-18-7-6-16-14(18)10-19(9-12)15(20)17-13-4-2-3-5-13/h6-7,12-13H,2-5,8-11H2,1H3,(H,17,20). The minimum atomic E-state index is 0.0412. The van der Waals surface area contributed by atoms with Crippen LogP contribution >= 0.6 is 0 Å². The van der Waals surface area contributed by atoms with Crippen LogP contribution in [-0.2, 0) is 17.8 Å². The molecule has 1 fully saturated rings. The van der Waals surface area contributed by atoms with Crippen molar-refractivity contribution in [2.24, 2.45) is 5.92 Å². The Morgan fingerprint density at radius 2 is 2.24 bits per heavy atom. The number of nitrogens with one attached hydrogen (secondary N) is 1. The highest BCUT2D eigenvalue weighted by Crippen LogP contribution is 2.20. The van der Waals surface area contributed by atoms with Gasteiger partial charge in [-0.2, -0.15) is 0 Å². The number of aromatic nitrogens is 2. The van der Waals surface area contributed by atoms with Gasteiger partial charge in [0.15, 0.2) is 0 Å². The molecule has 2 heterocycles. The molecule has 21 heavy (non-hydrogen) atoms. The fraction of sp³-hybridized carbons (Fsp3) is 0.733. The number of methoxy groups -OCH3 is 1. The van der Waals surface area contributed by atoms with Gasteiger partial charge in [-0.25, -0.2) is 9.78 Å². The number of fused-ring (bicyclic) bond motifs is 1. The largest absolute Gasteiger partial charge is 0.384 e. The van der Waals surface area contributed by atoms with Crippen LogP contribution in [0.5, 0.6) is 0 Å². The van der Waals surface area contributed by atoms with Gasteiger partial charge in [-0.3, -0.25) is 0 Å². The van der Waals surface area contributed by atoms with E-state index in [1.54, 1.807) is 13.3 Å².